The molecular formula is C21H22F2N4O2. The molecule has 29 heavy (non-hydrogen) atoms. The lowest BCUT2D eigenvalue weighted by Gasteiger charge is -2.29. The van der Waals surface area contributed by atoms with Crippen molar-refractivity contribution in [2.24, 2.45) is 5.92 Å². The molecule has 0 radical (unpaired) electrons. The number of piperidine rings is 1. The van der Waals surface area contributed by atoms with E-state index in [1.807, 2.05) is 0 Å². The van der Waals surface area contributed by atoms with Gasteiger partial charge in [0.15, 0.2) is 5.82 Å². The minimum atomic E-state index is -0.820. The van der Waals surface area contributed by atoms with Gasteiger partial charge in [0.2, 0.25) is 11.8 Å². The quantitative estimate of drug-likeness (QED) is 0.855. The molecule has 4 rings (SSSR count). The van der Waals surface area contributed by atoms with Crippen molar-refractivity contribution in [3.63, 3.8) is 0 Å². The topological polar surface area (TPSA) is 65.5 Å². The van der Waals surface area contributed by atoms with Crippen molar-refractivity contribution >= 4 is 29.0 Å². The average Bonchev–Trinajstić information content (AvgIpc) is 3.11. The summed E-state index contributed by atoms with van der Waals surface area (Å²) in [5.74, 6) is -2.10. The first-order chi connectivity index (χ1) is 14.0. The highest BCUT2D eigenvalue weighted by Crippen LogP contribution is 2.30. The van der Waals surface area contributed by atoms with Gasteiger partial charge in [-0.25, -0.2) is 13.8 Å². The van der Waals surface area contributed by atoms with Crippen LogP contribution in [0.3, 0.4) is 0 Å². The largest absolute Gasteiger partial charge is 0.355 e. The Morgan fingerprint density at radius 1 is 1.14 bits per heavy atom. The third kappa shape index (κ3) is 4.06. The van der Waals surface area contributed by atoms with Crippen LogP contribution < -0.4 is 15.1 Å². The minimum absolute atomic E-state index is 0.0120. The lowest BCUT2D eigenvalue weighted by atomic mass is 10.1. The molecule has 0 saturated carbocycles. The molecule has 6 nitrogen and oxygen atoms in total. The lowest BCUT2D eigenvalue weighted by molar-refractivity contribution is -0.122. The van der Waals surface area contributed by atoms with E-state index in [0.29, 0.717) is 5.69 Å². The Labute approximate surface area is 167 Å². The van der Waals surface area contributed by atoms with E-state index in [1.54, 1.807) is 18.3 Å². The summed E-state index contributed by atoms with van der Waals surface area (Å²) in [6.07, 6.45) is 5.02. The molecule has 0 aliphatic carbocycles. The second kappa shape index (κ2) is 8.14. The summed E-state index contributed by atoms with van der Waals surface area (Å²) in [5, 5.41) is 2.89. The Bertz CT molecular complexity index is 931. The van der Waals surface area contributed by atoms with Gasteiger partial charge in [-0.05, 0) is 43.5 Å². The van der Waals surface area contributed by atoms with Crippen LogP contribution in [0.2, 0.25) is 0 Å². The van der Waals surface area contributed by atoms with E-state index in [9.17, 15) is 18.4 Å². The number of aromatic nitrogens is 1. The van der Waals surface area contributed by atoms with E-state index in [1.165, 1.54) is 17.4 Å². The molecule has 8 heteroatoms. The Kier molecular flexibility index (Phi) is 5.42. The highest BCUT2D eigenvalue weighted by Gasteiger charge is 2.36. The van der Waals surface area contributed by atoms with Gasteiger partial charge in [0.25, 0.3) is 0 Å². The zero-order chi connectivity index (χ0) is 20.4. The number of nitrogens with zero attached hydrogens (tertiary/aromatic N) is 3. The van der Waals surface area contributed by atoms with Crippen molar-refractivity contribution in [2.45, 2.75) is 25.7 Å². The molecule has 2 aliphatic rings. The first-order valence-electron chi connectivity index (χ1n) is 9.79. The number of halogens is 2. The fraction of sp³-hybridized carbons (Fsp3) is 0.381. The van der Waals surface area contributed by atoms with Gasteiger partial charge in [-0.3, -0.25) is 9.59 Å². The number of carbonyl (C=O) groups is 2. The number of hydrogen-bond donors (Lipinski definition) is 1. The Morgan fingerprint density at radius 2 is 1.93 bits per heavy atom. The fourth-order valence-corrected chi connectivity index (χ4v) is 3.90. The summed E-state index contributed by atoms with van der Waals surface area (Å²) < 4.78 is 27.2. The van der Waals surface area contributed by atoms with Gasteiger partial charge in [-0.2, -0.15) is 0 Å². The van der Waals surface area contributed by atoms with Crippen LogP contribution in [0.5, 0.6) is 0 Å². The number of pyridine rings is 1. The zero-order valence-electron chi connectivity index (χ0n) is 15.9. The number of carbonyl (C=O) groups excluding carboxylic acids is 2. The van der Waals surface area contributed by atoms with Crippen LogP contribution >= 0.6 is 0 Å². The number of rotatable bonds is 4. The number of hydrogen-bond acceptors (Lipinski definition) is 4. The van der Waals surface area contributed by atoms with E-state index < -0.39 is 17.6 Å². The standard InChI is InChI=1S/C21H22F2N4O2/c22-15-6-7-18(16(23)12-15)27-13-14(11-19(27)28)21(29)25-17-5-4-8-24-20(17)26-9-2-1-3-10-26/h4-8,12,14H,1-3,9-11,13H2,(H,25,29). The van der Waals surface area contributed by atoms with Crippen LogP contribution in [0.25, 0.3) is 0 Å². The van der Waals surface area contributed by atoms with Crippen molar-refractivity contribution in [3.8, 4) is 0 Å². The second-order valence-corrected chi connectivity index (χ2v) is 7.41. The monoisotopic (exact) mass is 400 g/mol. The molecule has 2 fully saturated rings. The number of nitrogens with one attached hydrogen (secondary N) is 1. The van der Waals surface area contributed by atoms with Gasteiger partial charge in [0, 0.05) is 38.3 Å². The molecule has 152 valence electrons. The summed E-state index contributed by atoms with van der Waals surface area (Å²) >= 11 is 0. The van der Waals surface area contributed by atoms with Crippen LogP contribution in [0.1, 0.15) is 25.7 Å². The van der Waals surface area contributed by atoms with Crippen molar-refractivity contribution in [2.75, 3.05) is 34.8 Å². The molecule has 3 heterocycles. The summed E-state index contributed by atoms with van der Waals surface area (Å²) in [6, 6.07) is 6.60. The first-order valence-corrected chi connectivity index (χ1v) is 9.79. The molecule has 2 amide bonds. The third-order valence-electron chi connectivity index (χ3n) is 5.40. The Morgan fingerprint density at radius 3 is 2.69 bits per heavy atom. The maximum atomic E-state index is 14.1. The molecule has 1 atom stereocenters. The van der Waals surface area contributed by atoms with E-state index in [2.05, 4.69) is 15.2 Å². The molecule has 0 spiro atoms. The van der Waals surface area contributed by atoms with Crippen molar-refractivity contribution < 1.29 is 18.4 Å². The molecule has 1 aromatic heterocycles. The zero-order valence-corrected chi connectivity index (χ0v) is 15.9. The number of benzene rings is 1. The molecule has 2 aliphatic heterocycles. The van der Waals surface area contributed by atoms with Crippen molar-refractivity contribution in [1.82, 2.24) is 4.98 Å². The van der Waals surface area contributed by atoms with Crippen LogP contribution in [0, 0.1) is 17.6 Å². The normalized spacial score (nSPS) is 19.5. The van der Waals surface area contributed by atoms with E-state index in [-0.39, 0.29) is 30.5 Å². The maximum absolute atomic E-state index is 14.1. The average molecular weight is 400 g/mol. The maximum Gasteiger partial charge on any atom is 0.229 e. The molecular weight excluding hydrogens is 378 g/mol. The molecule has 1 aromatic carbocycles. The van der Waals surface area contributed by atoms with Gasteiger partial charge < -0.3 is 15.1 Å². The second-order valence-electron chi connectivity index (χ2n) is 7.41. The van der Waals surface area contributed by atoms with Crippen molar-refractivity contribution in [1.29, 1.82) is 0 Å². The lowest BCUT2D eigenvalue weighted by Crippen LogP contribution is -2.32. The Balaban J connectivity index is 1.48. The van der Waals surface area contributed by atoms with Crippen molar-refractivity contribution in [3.05, 3.63) is 48.2 Å². The molecule has 0 bridgehead atoms. The number of amides is 2. The first kappa shape index (κ1) is 19.3. The van der Waals surface area contributed by atoms with Crippen LogP contribution in [0.15, 0.2) is 36.5 Å². The van der Waals surface area contributed by atoms with Crippen LogP contribution in [0.4, 0.5) is 26.0 Å². The highest BCUT2D eigenvalue weighted by molar-refractivity contribution is 6.04. The molecule has 1 unspecified atom stereocenters. The predicted octanol–water partition coefficient (Wildman–Crippen LogP) is 3.34. The SMILES string of the molecule is O=C(Nc1cccnc1N1CCCCC1)C1CC(=O)N(c2ccc(F)cc2F)C1. The minimum Gasteiger partial charge on any atom is -0.355 e. The van der Waals surface area contributed by atoms with E-state index in [0.717, 1.165) is 43.9 Å². The van der Waals surface area contributed by atoms with Crippen LogP contribution in [-0.4, -0.2) is 36.4 Å². The number of anilines is 3. The summed E-state index contributed by atoms with van der Waals surface area (Å²) in [6.45, 7) is 1.82. The van der Waals surface area contributed by atoms with Gasteiger partial charge in [-0.1, -0.05) is 0 Å². The van der Waals surface area contributed by atoms with Gasteiger partial charge in [0.05, 0.1) is 17.3 Å². The predicted molar refractivity (Wildman–Crippen MR) is 106 cm³/mol. The highest BCUT2D eigenvalue weighted by atomic mass is 19.1. The third-order valence-corrected chi connectivity index (χ3v) is 5.40. The molecule has 1 N–H and O–H groups in total. The molecule has 2 saturated heterocycles. The summed E-state index contributed by atoms with van der Waals surface area (Å²) in [7, 11) is 0. The van der Waals surface area contributed by atoms with E-state index in [4.69, 9.17) is 0 Å². The van der Waals surface area contributed by atoms with Crippen LogP contribution in [-0.2, 0) is 9.59 Å². The van der Waals surface area contributed by atoms with E-state index >= 15 is 0 Å². The van der Waals surface area contributed by atoms with Gasteiger partial charge in [-0.15, -0.1) is 0 Å². The van der Waals surface area contributed by atoms with Gasteiger partial charge >= 0.3 is 0 Å². The fourth-order valence-electron chi connectivity index (χ4n) is 3.90. The Hall–Kier alpha value is -3.03. The molecule has 2 aromatic rings. The van der Waals surface area contributed by atoms with Gasteiger partial charge in [0.1, 0.15) is 11.6 Å². The summed E-state index contributed by atoms with van der Waals surface area (Å²) in [4.78, 5) is 33.0. The summed E-state index contributed by atoms with van der Waals surface area (Å²) in [5.41, 5.74) is 0.598. The smallest absolute Gasteiger partial charge is 0.229 e.